The molecule has 0 atom stereocenters. The summed E-state index contributed by atoms with van der Waals surface area (Å²) in [6.45, 7) is 3.88. The van der Waals surface area contributed by atoms with E-state index < -0.39 is 0 Å². The third-order valence-electron chi connectivity index (χ3n) is 2.48. The quantitative estimate of drug-likeness (QED) is 0.738. The zero-order chi connectivity index (χ0) is 10.8. The molecule has 0 saturated carbocycles. The highest BCUT2D eigenvalue weighted by atomic mass is 16.5. The zero-order valence-electron chi connectivity index (χ0n) is 9.08. The van der Waals surface area contributed by atoms with Gasteiger partial charge in [-0.15, -0.1) is 0 Å². The Morgan fingerprint density at radius 1 is 1.47 bits per heavy atom. The number of nitrogens with zero attached hydrogens (tertiary/aromatic N) is 2. The number of hydrogen-bond acceptors (Lipinski definition) is 3. The van der Waals surface area contributed by atoms with Crippen molar-refractivity contribution in [2.75, 3.05) is 0 Å². The Morgan fingerprint density at radius 2 is 2.27 bits per heavy atom. The fourth-order valence-corrected chi connectivity index (χ4v) is 1.85. The average Bonchev–Trinajstić information content (AvgIpc) is 2.62. The van der Waals surface area contributed by atoms with E-state index >= 15 is 0 Å². The molecule has 0 fully saturated rings. The number of aromatic nitrogens is 1. The van der Waals surface area contributed by atoms with E-state index in [0.29, 0.717) is 11.4 Å². The summed E-state index contributed by atoms with van der Waals surface area (Å²) in [4.78, 5) is 4.42. The third kappa shape index (κ3) is 1.94. The molecule has 3 nitrogen and oxygen atoms in total. The van der Waals surface area contributed by atoms with Crippen LogP contribution in [0.5, 0.6) is 5.88 Å². The molecule has 2 rings (SSSR count). The maximum Gasteiger partial charge on any atom is 0.232 e. The normalized spacial score (nSPS) is 13.7. The molecule has 0 radical (unpaired) electrons. The summed E-state index contributed by atoms with van der Waals surface area (Å²) in [6.07, 6.45) is 3.25. The van der Waals surface area contributed by atoms with E-state index in [1.54, 1.807) is 0 Å². The lowest BCUT2D eigenvalue weighted by Gasteiger charge is -2.11. The molecular formula is C12H14N2O. The van der Waals surface area contributed by atoms with Crippen molar-refractivity contribution >= 4 is 0 Å². The molecule has 0 spiro atoms. The molecule has 1 aromatic heterocycles. The molecule has 3 heteroatoms. The first kappa shape index (κ1) is 9.97. The first-order chi connectivity index (χ1) is 7.20. The minimum absolute atomic E-state index is 0.0593. The lowest BCUT2D eigenvalue weighted by atomic mass is 10.1. The van der Waals surface area contributed by atoms with Crippen molar-refractivity contribution in [1.29, 1.82) is 5.26 Å². The summed E-state index contributed by atoms with van der Waals surface area (Å²) in [5.41, 5.74) is 2.87. The van der Waals surface area contributed by atoms with Crippen molar-refractivity contribution < 1.29 is 4.74 Å². The van der Waals surface area contributed by atoms with E-state index in [4.69, 9.17) is 10.00 Å². The van der Waals surface area contributed by atoms with Crippen molar-refractivity contribution in [2.45, 2.75) is 39.2 Å². The Morgan fingerprint density at radius 3 is 2.93 bits per heavy atom. The van der Waals surface area contributed by atoms with Gasteiger partial charge in [0.15, 0.2) is 0 Å². The number of pyridine rings is 1. The van der Waals surface area contributed by atoms with Crippen LogP contribution < -0.4 is 4.74 Å². The minimum Gasteiger partial charge on any atom is -0.474 e. The lowest BCUT2D eigenvalue weighted by Crippen LogP contribution is -2.09. The van der Waals surface area contributed by atoms with Crippen LogP contribution in [0, 0.1) is 11.3 Å². The van der Waals surface area contributed by atoms with Crippen LogP contribution >= 0.6 is 0 Å². The molecule has 1 aromatic rings. The SMILES string of the molecule is CC(C)Oc1nc2c(cc1C#N)CCC2. The lowest BCUT2D eigenvalue weighted by molar-refractivity contribution is 0.231. The van der Waals surface area contributed by atoms with Crippen LogP contribution in [0.3, 0.4) is 0 Å². The fraction of sp³-hybridized carbons (Fsp3) is 0.500. The van der Waals surface area contributed by atoms with Crippen LogP contribution in [0.4, 0.5) is 0 Å². The van der Waals surface area contributed by atoms with Gasteiger partial charge < -0.3 is 4.74 Å². The van der Waals surface area contributed by atoms with Gasteiger partial charge in [-0.05, 0) is 44.7 Å². The molecule has 0 bridgehead atoms. The molecule has 0 unspecified atom stereocenters. The van der Waals surface area contributed by atoms with Gasteiger partial charge in [-0.25, -0.2) is 4.98 Å². The summed E-state index contributed by atoms with van der Waals surface area (Å²) in [5.74, 6) is 0.494. The van der Waals surface area contributed by atoms with E-state index in [0.717, 1.165) is 25.0 Å². The van der Waals surface area contributed by atoms with Crippen molar-refractivity contribution in [3.63, 3.8) is 0 Å². The molecule has 15 heavy (non-hydrogen) atoms. The van der Waals surface area contributed by atoms with E-state index in [9.17, 15) is 0 Å². The van der Waals surface area contributed by atoms with Gasteiger partial charge >= 0.3 is 0 Å². The Balaban J connectivity index is 2.41. The molecule has 1 aliphatic rings. The summed E-state index contributed by atoms with van der Waals surface area (Å²) >= 11 is 0. The van der Waals surface area contributed by atoms with Crippen LogP contribution in [-0.2, 0) is 12.8 Å². The summed E-state index contributed by atoms with van der Waals surface area (Å²) in [7, 11) is 0. The number of rotatable bonds is 2. The highest BCUT2D eigenvalue weighted by Crippen LogP contribution is 2.26. The maximum absolute atomic E-state index is 8.99. The second-order valence-electron chi connectivity index (χ2n) is 4.08. The van der Waals surface area contributed by atoms with Gasteiger partial charge in [0, 0.05) is 5.69 Å². The van der Waals surface area contributed by atoms with Crippen molar-refractivity contribution in [3.05, 3.63) is 22.9 Å². The predicted molar refractivity (Wildman–Crippen MR) is 56.7 cm³/mol. The standard InChI is InChI=1S/C12H14N2O/c1-8(2)15-12-10(7-13)6-9-4-3-5-11(9)14-12/h6,8H,3-5H2,1-2H3. The van der Waals surface area contributed by atoms with Crippen LogP contribution in [0.1, 0.15) is 37.1 Å². The molecule has 0 saturated heterocycles. The van der Waals surface area contributed by atoms with E-state index in [1.807, 2.05) is 19.9 Å². The summed E-state index contributed by atoms with van der Waals surface area (Å²) < 4.78 is 5.53. The molecule has 1 heterocycles. The first-order valence-corrected chi connectivity index (χ1v) is 5.30. The highest BCUT2D eigenvalue weighted by Gasteiger charge is 2.17. The Labute approximate surface area is 89.7 Å². The van der Waals surface area contributed by atoms with Gasteiger partial charge in [0.05, 0.1) is 6.10 Å². The third-order valence-corrected chi connectivity index (χ3v) is 2.48. The topological polar surface area (TPSA) is 45.9 Å². The van der Waals surface area contributed by atoms with Crippen molar-refractivity contribution in [3.8, 4) is 11.9 Å². The predicted octanol–water partition coefficient (Wildman–Crippen LogP) is 2.23. The number of aryl methyl sites for hydroxylation is 2. The highest BCUT2D eigenvalue weighted by molar-refractivity contribution is 5.44. The van der Waals surface area contributed by atoms with Gasteiger partial charge in [0.25, 0.3) is 0 Å². The Bertz CT molecular complexity index is 418. The number of nitriles is 1. The van der Waals surface area contributed by atoms with Crippen LogP contribution in [0.2, 0.25) is 0 Å². The molecule has 78 valence electrons. The van der Waals surface area contributed by atoms with Crippen molar-refractivity contribution in [1.82, 2.24) is 4.98 Å². The molecule has 0 N–H and O–H groups in total. The summed E-state index contributed by atoms with van der Waals surface area (Å²) in [6, 6.07) is 4.07. The van der Waals surface area contributed by atoms with E-state index in [-0.39, 0.29) is 6.10 Å². The first-order valence-electron chi connectivity index (χ1n) is 5.30. The molecule has 0 aromatic carbocycles. The molecule has 0 aliphatic heterocycles. The monoisotopic (exact) mass is 202 g/mol. The van der Waals surface area contributed by atoms with E-state index in [2.05, 4.69) is 11.1 Å². The van der Waals surface area contributed by atoms with Gasteiger partial charge in [0.2, 0.25) is 5.88 Å². The maximum atomic E-state index is 8.99. The van der Waals surface area contributed by atoms with Crippen LogP contribution in [0.15, 0.2) is 6.07 Å². The summed E-state index contributed by atoms with van der Waals surface area (Å²) in [5, 5.41) is 8.99. The molecular weight excluding hydrogens is 188 g/mol. The van der Waals surface area contributed by atoms with Crippen LogP contribution in [-0.4, -0.2) is 11.1 Å². The number of fused-ring (bicyclic) bond motifs is 1. The zero-order valence-corrected chi connectivity index (χ0v) is 9.08. The largest absolute Gasteiger partial charge is 0.474 e. The molecule has 0 amide bonds. The minimum atomic E-state index is 0.0593. The van der Waals surface area contributed by atoms with Gasteiger partial charge in [-0.3, -0.25) is 0 Å². The van der Waals surface area contributed by atoms with Gasteiger partial charge in [-0.2, -0.15) is 5.26 Å². The molecule has 1 aliphatic carbocycles. The Kier molecular flexibility index (Phi) is 2.59. The van der Waals surface area contributed by atoms with Gasteiger partial charge in [0.1, 0.15) is 11.6 Å². The van der Waals surface area contributed by atoms with Crippen molar-refractivity contribution in [2.24, 2.45) is 0 Å². The second-order valence-corrected chi connectivity index (χ2v) is 4.08. The fourth-order valence-electron chi connectivity index (χ4n) is 1.85. The Hall–Kier alpha value is -1.56. The second kappa shape index (κ2) is 3.90. The van der Waals surface area contributed by atoms with Gasteiger partial charge in [-0.1, -0.05) is 0 Å². The van der Waals surface area contributed by atoms with Crippen LogP contribution in [0.25, 0.3) is 0 Å². The number of ether oxygens (including phenoxy) is 1. The average molecular weight is 202 g/mol. The van der Waals surface area contributed by atoms with E-state index in [1.165, 1.54) is 5.56 Å². The number of hydrogen-bond donors (Lipinski definition) is 0. The smallest absolute Gasteiger partial charge is 0.232 e.